The van der Waals surface area contributed by atoms with Crippen LogP contribution in [-0.2, 0) is 6.54 Å². The quantitative estimate of drug-likeness (QED) is 0.812. The first-order valence-electron chi connectivity index (χ1n) is 5.66. The van der Waals surface area contributed by atoms with Gasteiger partial charge in [-0.25, -0.2) is 0 Å². The van der Waals surface area contributed by atoms with Crippen molar-refractivity contribution in [3.05, 3.63) is 35.9 Å². The van der Waals surface area contributed by atoms with Crippen molar-refractivity contribution in [2.75, 3.05) is 19.7 Å². The van der Waals surface area contributed by atoms with Crippen LogP contribution < -0.4 is 0 Å². The minimum absolute atomic E-state index is 0.326. The molecule has 0 aromatic heterocycles. The van der Waals surface area contributed by atoms with Crippen LogP contribution in [0.1, 0.15) is 12.5 Å². The molecule has 0 spiro atoms. The first-order valence-corrected chi connectivity index (χ1v) is 5.66. The Morgan fingerprint density at radius 1 is 1.27 bits per heavy atom. The van der Waals surface area contributed by atoms with E-state index in [1.54, 1.807) is 0 Å². The largest absolute Gasteiger partial charge is 0.396 e. The van der Waals surface area contributed by atoms with Crippen LogP contribution in [0.4, 0.5) is 0 Å². The van der Waals surface area contributed by atoms with Gasteiger partial charge < -0.3 is 5.11 Å². The molecule has 1 aromatic carbocycles. The van der Waals surface area contributed by atoms with Crippen molar-refractivity contribution in [1.29, 1.82) is 0 Å². The van der Waals surface area contributed by atoms with Crippen LogP contribution in [0.25, 0.3) is 0 Å². The summed E-state index contributed by atoms with van der Waals surface area (Å²) in [5.41, 5.74) is 1.36. The van der Waals surface area contributed by atoms with E-state index in [0.29, 0.717) is 18.4 Å². The van der Waals surface area contributed by atoms with Crippen molar-refractivity contribution in [2.45, 2.75) is 13.5 Å². The molecule has 1 N–H and O–H groups in total. The number of hydrogen-bond acceptors (Lipinski definition) is 2. The fraction of sp³-hybridized carbons (Fsp3) is 0.538. The Morgan fingerprint density at radius 3 is 2.60 bits per heavy atom. The van der Waals surface area contributed by atoms with E-state index >= 15 is 0 Å². The lowest BCUT2D eigenvalue weighted by molar-refractivity contribution is 0.204. The minimum atomic E-state index is 0.326. The summed E-state index contributed by atoms with van der Waals surface area (Å²) in [5.74, 6) is 1.09. The topological polar surface area (TPSA) is 23.5 Å². The molecule has 1 saturated heterocycles. The summed E-state index contributed by atoms with van der Waals surface area (Å²) in [4.78, 5) is 2.43. The number of nitrogens with zero attached hydrogens (tertiary/aromatic N) is 1. The Kier molecular flexibility index (Phi) is 3.39. The SMILES string of the molecule is C[C@@H]1CN(Cc2ccccc2)CC1CO. The van der Waals surface area contributed by atoms with E-state index in [2.05, 4.69) is 36.1 Å². The fourth-order valence-corrected chi connectivity index (χ4v) is 2.35. The summed E-state index contributed by atoms with van der Waals surface area (Å²) >= 11 is 0. The highest BCUT2D eigenvalue weighted by molar-refractivity contribution is 5.14. The first kappa shape index (κ1) is 10.7. The van der Waals surface area contributed by atoms with E-state index < -0.39 is 0 Å². The molecule has 82 valence electrons. The van der Waals surface area contributed by atoms with Gasteiger partial charge in [-0.15, -0.1) is 0 Å². The van der Waals surface area contributed by atoms with Crippen LogP contribution in [0.3, 0.4) is 0 Å². The Balaban J connectivity index is 1.92. The number of hydrogen-bond donors (Lipinski definition) is 1. The fourth-order valence-electron chi connectivity index (χ4n) is 2.35. The van der Waals surface area contributed by atoms with Gasteiger partial charge in [0.2, 0.25) is 0 Å². The molecule has 0 saturated carbocycles. The zero-order chi connectivity index (χ0) is 10.7. The molecule has 1 fully saturated rings. The maximum Gasteiger partial charge on any atom is 0.0474 e. The summed E-state index contributed by atoms with van der Waals surface area (Å²) in [6.07, 6.45) is 0. The van der Waals surface area contributed by atoms with Gasteiger partial charge in [0, 0.05) is 26.2 Å². The summed E-state index contributed by atoms with van der Waals surface area (Å²) in [7, 11) is 0. The molecule has 0 amide bonds. The molecule has 15 heavy (non-hydrogen) atoms. The van der Waals surface area contributed by atoms with E-state index in [-0.39, 0.29) is 0 Å². The van der Waals surface area contributed by atoms with Gasteiger partial charge in [-0.05, 0) is 17.4 Å². The van der Waals surface area contributed by atoms with Gasteiger partial charge in [-0.3, -0.25) is 4.90 Å². The minimum Gasteiger partial charge on any atom is -0.396 e. The second-order valence-electron chi connectivity index (χ2n) is 4.60. The molecule has 1 aromatic rings. The summed E-state index contributed by atoms with van der Waals surface area (Å²) in [6, 6.07) is 10.5. The van der Waals surface area contributed by atoms with E-state index in [0.717, 1.165) is 19.6 Å². The third-order valence-electron chi connectivity index (χ3n) is 3.33. The average molecular weight is 205 g/mol. The van der Waals surface area contributed by atoms with Crippen molar-refractivity contribution in [3.63, 3.8) is 0 Å². The second kappa shape index (κ2) is 4.77. The molecular weight excluding hydrogens is 186 g/mol. The molecule has 0 bridgehead atoms. The lowest BCUT2D eigenvalue weighted by Gasteiger charge is -2.15. The van der Waals surface area contributed by atoms with Gasteiger partial charge in [0.1, 0.15) is 0 Å². The van der Waals surface area contributed by atoms with E-state index in [1.807, 2.05) is 6.07 Å². The van der Waals surface area contributed by atoms with Gasteiger partial charge in [-0.2, -0.15) is 0 Å². The van der Waals surface area contributed by atoms with Crippen LogP contribution in [-0.4, -0.2) is 29.7 Å². The van der Waals surface area contributed by atoms with Crippen LogP contribution in [0.2, 0.25) is 0 Å². The Bertz CT molecular complexity index is 299. The molecule has 2 atom stereocenters. The van der Waals surface area contributed by atoms with Crippen molar-refractivity contribution in [2.24, 2.45) is 11.8 Å². The summed E-state index contributed by atoms with van der Waals surface area (Å²) < 4.78 is 0. The van der Waals surface area contributed by atoms with Gasteiger partial charge in [0.05, 0.1) is 0 Å². The molecule has 0 aliphatic carbocycles. The number of benzene rings is 1. The van der Waals surface area contributed by atoms with E-state index in [4.69, 9.17) is 0 Å². The molecule has 2 heteroatoms. The van der Waals surface area contributed by atoms with Gasteiger partial charge in [-0.1, -0.05) is 37.3 Å². The monoisotopic (exact) mass is 205 g/mol. The van der Waals surface area contributed by atoms with Crippen LogP contribution >= 0.6 is 0 Å². The van der Waals surface area contributed by atoms with Crippen LogP contribution in [0.5, 0.6) is 0 Å². The predicted octanol–water partition coefficient (Wildman–Crippen LogP) is 1.75. The van der Waals surface area contributed by atoms with Crippen molar-refractivity contribution < 1.29 is 5.11 Å². The van der Waals surface area contributed by atoms with Crippen LogP contribution in [0.15, 0.2) is 30.3 Å². The molecule has 1 heterocycles. The Morgan fingerprint density at radius 2 is 2.00 bits per heavy atom. The van der Waals surface area contributed by atoms with Gasteiger partial charge >= 0.3 is 0 Å². The van der Waals surface area contributed by atoms with Crippen molar-refractivity contribution in [3.8, 4) is 0 Å². The standard InChI is InChI=1S/C13H19NO/c1-11-7-14(9-13(11)10-15)8-12-5-3-2-4-6-12/h2-6,11,13,15H,7-10H2,1H3/t11-,13?/m1/s1. The van der Waals surface area contributed by atoms with Crippen LogP contribution in [0, 0.1) is 11.8 Å². The van der Waals surface area contributed by atoms with E-state index in [9.17, 15) is 5.11 Å². The third-order valence-corrected chi connectivity index (χ3v) is 3.33. The highest BCUT2D eigenvalue weighted by Crippen LogP contribution is 2.23. The predicted molar refractivity (Wildman–Crippen MR) is 61.5 cm³/mol. The molecule has 1 unspecified atom stereocenters. The Labute approximate surface area is 91.5 Å². The van der Waals surface area contributed by atoms with Gasteiger partial charge in [0.25, 0.3) is 0 Å². The normalized spacial score (nSPS) is 27.1. The molecule has 0 radical (unpaired) electrons. The summed E-state index contributed by atoms with van der Waals surface area (Å²) in [5, 5.41) is 9.19. The number of aliphatic hydroxyl groups is 1. The maximum atomic E-state index is 9.19. The highest BCUT2D eigenvalue weighted by atomic mass is 16.3. The summed E-state index contributed by atoms with van der Waals surface area (Å²) in [6.45, 7) is 5.71. The molecule has 1 aliphatic rings. The lowest BCUT2D eigenvalue weighted by Crippen LogP contribution is -2.20. The number of likely N-dealkylation sites (tertiary alicyclic amines) is 1. The Hall–Kier alpha value is -0.860. The highest BCUT2D eigenvalue weighted by Gasteiger charge is 2.28. The third kappa shape index (κ3) is 2.58. The number of aliphatic hydroxyl groups excluding tert-OH is 1. The van der Waals surface area contributed by atoms with Crippen molar-refractivity contribution in [1.82, 2.24) is 4.90 Å². The zero-order valence-corrected chi connectivity index (χ0v) is 9.26. The molecule has 2 rings (SSSR count). The molecule has 2 nitrogen and oxygen atoms in total. The lowest BCUT2D eigenvalue weighted by atomic mass is 10.00. The zero-order valence-electron chi connectivity index (χ0n) is 9.26. The number of rotatable bonds is 3. The average Bonchev–Trinajstić information content (AvgIpc) is 2.60. The molecule has 1 aliphatic heterocycles. The van der Waals surface area contributed by atoms with Gasteiger partial charge in [0.15, 0.2) is 0 Å². The smallest absolute Gasteiger partial charge is 0.0474 e. The molecular formula is C13H19NO. The first-order chi connectivity index (χ1) is 7.29. The van der Waals surface area contributed by atoms with E-state index in [1.165, 1.54) is 5.56 Å². The second-order valence-corrected chi connectivity index (χ2v) is 4.60. The van der Waals surface area contributed by atoms with Crippen molar-refractivity contribution >= 4 is 0 Å². The maximum absolute atomic E-state index is 9.19.